The zero-order valence-electron chi connectivity index (χ0n) is 10.4. The third-order valence-electron chi connectivity index (χ3n) is 4.42. The molecule has 18 heavy (non-hydrogen) atoms. The number of hydrogen-bond acceptors (Lipinski definition) is 2. The predicted molar refractivity (Wildman–Crippen MR) is 70.6 cm³/mol. The first-order valence-corrected chi connectivity index (χ1v) is 6.95. The molecular weight excluding hydrogens is 224 g/mol. The molecule has 2 saturated carbocycles. The van der Waals surface area contributed by atoms with E-state index in [2.05, 4.69) is 28.9 Å². The molecule has 2 fully saturated rings. The molecule has 2 aliphatic rings. The average molecular weight is 242 g/mol. The van der Waals surface area contributed by atoms with Crippen molar-refractivity contribution >= 4 is 10.9 Å². The highest BCUT2D eigenvalue weighted by Gasteiger charge is 2.34. The van der Waals surface area contributed by atoms with Gasteiger partial charge in [0.2, 0.25) is 0 Å². The Morgan fingerprint density at radius 1 is 1.22 bits per heavy atom. The van der Waals surface area contributed by atoms with E-state index in [4.69, 9.17) is 10.2 Å². The monoisotopic (exact) mass is 242 g/mol. The van der Waals surface area contributed by atoms with E-state index in [1.807, 2.05) is 0 Å². The van der Waals surface area contributed by atoms with Crippen molar-refractivity contribution in [2.75, 3.05) is 6.61 Å². The Morgan fingerprint density at radius 2 is 2.00 bits per heavy atom. The normalized spacial score (nSPS) is 27.4. The van der Waals surface area contributed by atoms with E-state index < -0.39 is 0 Å². The molecule has 0 atom stereocenters. The minimum atomic E-state index is 0.325. The third kappa shape index (κ3) is 1.50. The number of nitrogens with zero attached hydrogens (tertiary/aromatic N) is 2. The van der Waals surface area contributed by atoms with Crippen LogP contribution in [0.15, 0.2) is 24.3 Å². The maximum Gasteiger partial charge on any atom is 0.0734 e. The highest BCUT2D eigenvalue weighted by Crippen LogP contribution is 2.45. The van der Waals surface area contributed by atoms with Crippen LogP contribution in [-0.2, 0) is 0 Å². The Morgan fingerprint density at radius 3 is 2.72 bits per heavy atom. The van der Waals surface area contributed by atoms with Crippen LogP contribution in [0.4, 0.5) is 0 Å². The molecule has 0 bridgehead atoms. The van der Waals surface area contributed by atoms with E-state index >= 15 is 0 Å². The van der Waals surface area contributed by atoms with Crippen molar-refractivity contribution in [2.24, 2.45) is 5.92 Å². The lowest BCUT2D eigenvalue weighted by molar-refractivity contribution is 0.108. The summed E-state index contributed by atoms with van der Waals surface area (Å²) in [6, 6.07) is 9.09. The lowest BCUT2D eigenvalue weighted by Gasteiger charge is -2.34. The fraction of sp³-hybridized carbons (Fsp3) is 0.533. The van der Waals surface area contributed by atoms with Crippen molar-refractivity contribution in [1.82, 2.24) is 9.78 Å². The number of para-hydroxylation sites is 1. The van der Waals surface area contributed by atoms with Gasteiger partial charge in [0.25, 0.3) is 0 Å². The van der Waals surface area contributed by atoms with E-state index in [0.29, 0.717) is 24.5 Å². The van der Waals surface area contributed by atoms with Crippen LogP contribution < -0.4 is 0 Å². The highest BCUT2D eigenvalue weighted by atomic mass is 16.3. The molecule has 0 aliphatic heterocycles. The zero-order chi connectivity index (χ0) is 12.1. The van der Waals surface area contributed by atoms with Gasteiger partial charge in [0.15, 0.2) is 0 Å². The summed E-state index contributed by atoms with van der Waals surface area (Å²) in [4.78, 5) is 0. The van der Waals surface area contributed by atoms with E-state index in [1.165, 1.54) is 29.4 Å². The summed E-state index contributed by atoms with van der Waals surface area (Å²) >= 11 is 0. The van der Waals surface area contributed by atoms with Gasteiger partial charge in [0.1, 0.15) is 0 Å². The molecule has 1 aromatic heterocycles. The molecular formula is C15H18N2O. The Labute approximate surface area is 106 Å². The van der Waals surface area contributed by atoms with Crippen molar-refractivity contribution in [3.8, 4) is 0 Å². The van der Waals surface area contributed by atoms with Gasteiger partial charge in [-0.1, -0.05) is 18.2 Å². The van der Waals surface area contributed by atoms with Crippen LogP contribution in [-0.4, -0.2) is 21.5 Å². The van der Waals surface area contributed by atoms with Crippen molar-refractivity contribution in [3.63, 3.8) is 0 Å². The zero-order valence-corrected chi connectivity index (χ0v) is 10.4. The lowest BCUT2D eigenvalue weighted by atomic mass is 9.81. The van der Waals surface area contributed by atoms with Crippen molar-refractivity contribution in [2.45, 2.75) is 37.6 Å². The molecule has 2 aromatic rings. The summed E-state index contributed by atoms with van der Waals surface area (Å²) in [6.45, 7) is 0.325. The number of aliphatic hydroxyl groups excluding tert-OH is 1. The number of aliphatic hydroxyl groups is 1. The molecule has 3 heteroatoms. The largest absolute Gasteiger partial charge is 0.396 e. The molecule has 4 rings (SSSR count). The van der Waals surface area contributed by atoms with E-state index in [-0.39, 0.29) is 0 Å². The molecule has 0 radical (unpaired) electrons. The molecule has 1 heterocycles. The number of rotatable bonds is 3. The molecule has 1 aromatic carbocycles. The third-order valence-corrected chi connectivity index (χ3v) is 4.42. The van der Waals surface area contributed by atoms with E-state index in [0.717, 1.165) is 12.8 Å². The first-order valence-electron chi connectivity index (χ1n) is 6.95. The number of aromatic nitrogens is 2. The Balaban J connectivity index is 1.76. The minimum Gasteiger partial charge on any atom is -0.396 e. The highest BCUT2D eigenvalue weighted by molar-refractivity contribution is 5.83. The van der Waals surface area contributed by atoms with Gasteiger partial charge < -0.3 is 5.11 Å². The second kappa shape index (κ2) is 3.82. The average Bonchev–Trinajstić information content (AvgIpc) is 3.12. The Bertz CT molecular complexity index is 579. The fourth-order valence-corrected chi connectivity index (χ4v) is 3.10. The number of fused-ring (bicyclic) bond motifs is 1. The van der Waals surface area contributed by atoms with Crippen LogP contribution in [0.5, 0.6) is 0 Å². The number of benzene rings is 1. The Kier molecular flexibility index (Phi) is 2.24. The summed E-state index contributed by atoms with van der Waals surface area (Å²) < 4.78 is 2.22. The van der Waals surface area contributed by atoms with Crippen LogP contribution in [0.25, 0.3) is 10.9 Å². The topological polar surface area (TPSA) is 38.0 Å². The smallest absolute Gasteiger partial charge is 0.0734 e. The summed E-state index contributed by atoms with van der Waals surface area (Å²) in [5, 5.41) is 15.4. The molecule has 3 nitrogen and oxygen atoms in total. The number of hydrogen-bond donors (Lipinski definition) is 1. The minimum absolute atomic E-state index is 0.325. The summed E-state index contributed by atoms with van der Waals surface area (Å²) in [5.74, 6) is 1.19. The summed E-state index contributed by atoms with van der Waals surface area (Å²) in [7, 11) is 0. The standard InChI is InChI=1S/C15H18N2O/c18-9-10-7-12(8-10)17-14-4-2-1-3-13(14)15(16-17)11-5-6-11/h1-4,10-12,18H,5-9H2. The molecule has 0 amide bonds. The second-order valence-corrected chi connectivity index (χ2v) is 5.80. The van der Waals surface area contributed by atoms with Crippen molar-refractivity contribution in [1.29, 1.82) is 0 Å². The molecule has 0 unspecified atom stereocenters. The summed E-state index contributed by atoms with van der Waals surface area (Å²) in [6.07, 6.45) is 4.74. The van der Waals surface area contributed by atoms with Gasteiger partial charge in [-0.3, -0.25) is 4.68 Å². The lowest BCUT2D eigenvalue weighted by Crippen LogP contribution is -2.29. The van der Waals surface area contributed by atoms with Crippen LogP contribution >= 0.6 is 0 Å². The summed E-state index contributed by atoms with van der Waals surface area (Å²) in [5.41, 5.74) is 2.58. The quantitative estimate of drug-likeness (QED) is 0.898. The molecule has 1 N–H and O–H groups in total. The van der Waals surface area contributed by atoms with E-state index in [9.17, 15) is 0 Å². The maximum absolute atomic E-state index is 9.14. The van der Waals surface area contributed by atoms with E-state index in [1.54, 1.807) is 0 Å². The predicted octanol–water partition coefficient (Wildman–Crippen LogP) is 2.86. The van der Waals surface area contributed by atoms with Crippen molar-refractivity contribution in [3.05, 3.63) is 30.0 Å². The van der Waals surface area contributed by atoms with Gasteiger partial charge in [-0.05, 0) is 37.7 Å². The van der Waals surface area contributed by atoms with Gasteiger partial charge in [-0.15, -0.1) is 0 Å². The molecule has 94 valence electrons. The maximum atomic E-state index is 9.14. The van der Waals surface area contributed by atoms with Crippen LogP contribution in [0.1, 0.15) is 43.3 Å². The van der Waals surface area contributed by atoms with Gasteiger partial charge in [0.05, 0.1) is 17.3 Å². The first-order chi connectivity index (χ1) is 8.86. The molecule has 0 spiro atoms. The van der Waals surface area contributed by atoms with Gasteiger partial charge in [-0.25, -0.2) is 0 Å². The second-order valence-electron chi connectivity index (χ2n) is 5.80. The van der Waals surface area contributed by atoms with Crippen molar-refractivity contribution < 1.29 is 5.11 Å². The van der Waals surface area contributed by atoms with Crippen LogP contribution in [0, 0.1) is 5.92 Å². The Hall–Kier alpha value is -1.35. The fourth-order valence-electron chi connectivity index (χ4n) is 3.10. The van der Waals surface area contributed by atoms with Gasteiger partial charge in [0, 0.05) is 17.9 Å². The van der Waals surface area contributed by atoms with Crippen LogP contribution in [0.2, 0.25) is 0 Å². The molecule has 2 aliphatic carbocycles. The van der Waals surface area contributed by atoms with Crippen LogP contribution in [0.3, 0.4) is 0 Å². The SMILES string of the molecule is OCC1CC(n2nc(C3CC3)c3ccccc32)C1. The molecule has 0 saturated heterocycles. The van der Waals surface area contributed by atoms with Gasteiger partial charge >= 0.3 is 0 Å². The first kappa shape index (κ1) is 10.6. The van der Waals surface area contributed by atoms with Gasteiger partial charge in [-0.2, -0.15) is 5.10 Å².